The average Bonchev–Trinajstić information content (AvgIpc) is 2.51. The van der Waals surface area contributed by atoms with E-state index in [-0.39, 0.29) is 5.91 Å². The van der Waals surface area contributed by atoms with Crippen LogP contribution in [0.5, 0.6) is 5.75 Å². The molecular formula is C19H23NO2. The summed E-state index contributed by atoms with van der Waals surface area (Å²) in [7, 11) is 0. The molecule has 2 rings (SSSR count). The number of hydrogen-bond donors (Lipinski definition) is 1. The Hall–Kier alpha value is -2.29. The number of aryl methyl sites for hydroxylation is 2. The Labute approximate surface area is 132 Å². The summed E-state index contributed by atoms with van der Waals surface area (Å²) in [4.78, 5) is 12.5. The molecule has 0 aliphatic heterocycles. The number of carbonyl (C=O) groups excluding carboxylic acids is 1. The first-order valence-electron chi connectivity index (χ1n) is 7.62. The third-order valence-electron chi connectivity index (χ3n) is 3.89. The predicted octanol–water partition coefficient (Wildman–Crippen LogP) is 4.41. The molecule has 0 bridgehead atoms. The number of amides is 1. The van der Waals surface area contributed by atoms with E-state index in [4.69, 9.17) is 4.74 Å². The molecule has 116 valence electrons. The molecule has 1 amide bonds. The quantitative estimate of drug-likeness (QED) is 0.888. The van der Waals surface area contributed by atoms with E-state index in [0.29, 0.717) is 6.42 Å². The molecule has 3 heteroatoms. The van der Waals surface area contributed by atoms with Crippen LogP contribution in [-0.2, 0) is 4.79 Å². The van der Waals surface area contributed by atoms with Crippen molar-refractivity contribution in [2.45, 2.75) is 40.2 Å². The third-order valence-corrected chi connectivity index (χ3v) is 3.89. The van der Waals surface area contributed by atoms with E-state index in [1.165, 1.54) is 0 Å². The maximum Gasteiger partial charge on any atom is 0.265 e. The Morgan fingerprint density at radius 1 is 1.05 bits per heavy atom. The van der Waals surface area contributed by atoms with Crippen molar-refractivity contribution < 1.29 is 9.53 Å². The number of nitrogens with one attached hydrogen (secondary N) is 1. The molecule has 0 aromatic heterocycles. The highest BCUT2D eigenvalue weighted by Crippen LogP contribution is 2.21. The first-order valence-corrected chi connectivity index (χ1v) is 7.62. The molecule has 0 saturated carbocycles. The number of benzene rings is 2. The topological polar surface area (TPSA) is 38.3 Å². The molecule has 3 nitrogen and oxygen atoms in total. The van der Waals surface area contributed by atoms with Gasteiger partial charge >= 0.3 is 0 Å². The van der Waals surface area contributed by atoms with Gasteiger partial charge in [-0.2, -0.15) is 0 Å². The molecule has 0 aliphatic rings. The van der Waals surface area contributed by atoms with Crippen molar-refractivity contribution >= 4 is 11.6 Å². The number of para-hydroxylation sites is 1. The van der Waals surface area contributed by atoms with Gasteiger partial charge in [-0.3, -0.25) is 4.79 Å². The number of rotatable bonds is 5. The second-order valence-corrected chi connectivity index (χ2v) is 5.52. The number of carbonyl (C=O) groups is 1. The monoisotopic (exact) mass is 297 g/mol. The zero-order valence-corrected chi connectivity index (χ0v) is 13.6. The van der Waals surface area contributed by atoms with Crippen molar-refractivity contribution in [2.75, 3.05) is 5.32 Å². The van der Waals surface area contributed by atoms with E-state index >= 15 is 0 Å². The van der Waals surface area contributed by atoms with E-state index in [2.05, 4.69) is 5.32 Å². The van der Waals surface area contributed by atoms with Crippen LogP contribution in [0.2, 0.25) is 0 Å². The molecular weight excluding hydrogens is 274 g/mol. The van der Waals surface area contributed by atoms with Crippen LogP contribution in [-0.4, -0.2) is 12.0 Å². The SMILES string of the molecule is CC[C@H](Oc1ccccc1C)C(=O)Nc1cccc(C)c1C. The lowest BCUT2D eigenvalue weighted by atomic mass is 10.1. The van der Waals surface area contributed by atoms with E-state index in [1.54, 1.807) is 0 Å². The van der Waals surface area contributed by atoms with E-state index < -0.39 is 6.10 Å². The average molecular weight is 297 g/mol. The number of hydrogen-bond acceptors (Lipinski definition) is 2. The Morgan fingerprint density at radius 3 is 2.41 bits per heavy atom. The lowest BCUT2D eigenvalue weighted by Gasteiger charge is -2.19. The number of anilines is 1. The molecule has 0 spiro atoms. The van der Waals surface area contributed by atoms with Gasteiger partial charge in [0.25, 0.3) is 5.91 Å². The van der Waals surface area contributed by atoms with E-state index in [9.17, 15) is 4.79 Å². The molecule has 0 saturated heterocycles. The van der Waals surface area contributed by atoms with Crippen molar-refractivity contribution in [3.8, 4) is 5.75 Å². The normalized spacial score (nSPS) is 11.8. The van der Waals surface area contributed by atoms with Crippen molar-refractivity contribution in [1.82, 2.24) is 0 Å². The van der Waals surface area contributed by atoms with Crippen LogP contribution >= 0.6 is 0 Å². The maximum atomic E-state index is 12.5. The summed E-state index contributed by atoms with van der Waals surface area (Å²) in [6, 6.07) is 13.6. The van der Waals surface area contributed by atoms with Gasteiger partial charge in [-0.05, 0) is 56.0 Å². The van der Waals surface area contributed by atoms with Gasteiger partial charge in [-0.15, -0.1) is 0 Å². The summed E-state index contributed by atoms with van der Waals surface area (Å²) >= 11 is 0. The summed E-state index contributed by atoms with van der Waals surface area (Å²) in [6.45, 7) is 7.97. The second kappa shape index (κ2) is 7.12. The molecule has 0 fully saturated rings. The molecule has 0 aliphatic carbocycles. The fourth-order valence-electron chi connectivity index (χ4n) is 2.26. The van der Waals surface area contributed by atoms with Crippen LogP contribution in [0, 0.1) is 20.8 Å². The van der Waals surface area contributed by atoms with Gasteiger partial charge < -0.3 is 10.1 Å². The van der Waals surface area contributed by atoms with E-state index in [0.717, 1.165) is 28.1 Å². The first kappa shape index (κ1) is 16.1. The fourth-order valence-corrected chi connectivity index (χ4v) is 2.26. The highest BCUT2D eigenvalue weighted by atomic mass is 16.5. The summed E-state index contributed by atoms with van der Waals surface area (Å²) in [5, 5.41) is 2.98. The van der Waals surface area contributed by atoms with Crippen molar-refractivity contribution in [1.29, 1.82) is 0 Å². The van der Waals surface area contributed by atoms with Crippen molar-refractivity contribution in [3.63, 3.8) is 0 Å². The van der Waals surface area contributed by atoms with Crippen LogP contribution in [0.15, 0.2) is 42.5 Å². The van der Waals surface area contributed by atoms with Gasteiger partial charge in [0.2, 0.25) is 0 Å². The fraction of sp³-hybridized carbons (Fsp3) is 0.316. The summed E-state index contributed by atoms with van der Waals surface area (Å²) in [5.41, 5.74) is 4.12. The third kappa shape index (κ3) is 3.67. The minimum absolute atomic E-state index is 0.112. The highest BCUT2D eigenvalue weighted by Gasteiger charge is 2.19. The van der Waals surface area contributed by atoms with Gasteiger partial charge in [-0.25, -0.2) is 0 Å². The summed E-state index contributed by atoms with van der Waals surface area (Å²) < 4.78 is 5.89. The highest BCUT2D eigenvalue weighted by molar-refractivity contribution is 5.95. The van der Waals surface area contributed by atoms with Gasteiger partial charge in [-0.1, -0.05) is 37.3 Å². The van der Waals surface area contributed by atoms with Gasteiger partial charge in [0.1, 0.15) is 5.75 Å². The zero-order valence-electron chi connectivity index (χ0n) is 13.6. The molecule has 0 unspecified atom stereocenters. The lowest BCUT2D eigenvalue weighted by molar-refractivity contribution is -0.122. The van der Waals surface area contributed by atoms with Crippen molar-refractivity contribution in [3.05, 3.63) is 59.2 Å². The zero-order chi connectivity index (χ0) is 16.1. The summed E-state index contributed by atoms with van der Waals surface area (Å²) in [5.74, 6) is 0.643. The van der Waals surface area contributed by atoms with E-state index in [1.807, 2.05) is 70.2 Å². The minimum atomic E-state index is -0.499. The molecule has 2 aromatic rings. The molecule has 1 N–H and O–H groups in total. The standard InChI is InChI=1S/C19H23NO2/c1-5-17(22-18-12-7-6-9-14(18)3)19(21)20-16-11-8-10-13(2)15(16)4/h6-12,17H,5H2,1-4H3,(H,20,21)/t17-/m0/s1. The van der Waals surface area contributed by atoms with Crippen LogP contribution in [0.25, 0.3) is 0 Å². The predicted molar refractivity (Wildman–Crippen MR) is 90.4 cm³/mol. The molecule has 1 atom stereocenters. The Kier molecular flexibility index (Phi) is 5.21. The van der Waals surface area contributed by atoms with Gasteiger partial charge in [0.05, 0.1) is 0 Å². The number of ether oxygens (including phenoxy) is 1. The lowest BCUT2D eigenvalue weighted by Crippen LogP contribution is -2.32. The Balaban J connectivity index is 2.12. The Morgan fingerprint density at radius 2 is 1.73 bits per heavy atom. The first-order chi connectivity index (χ1) is 10.5. The maximum absolute atomic E-state index is 12.5. The molecule has 0 radical (unpaired) electrons. The minimum Gasteiger partial charge on any atom is -0.480 e. The molecule has 2 aromatic carbocycles. The van der Waals surface area contributed by atoms with Gasteiger partial charge in [0, 0.05) is 5.69 Å². The molecule has 0 heterocycles. The van der Waals surface area contributed by atoms with Crippen LogP contribution in [0.3, 0.4) is 0 Å². The van der Waals surface area contributed by atoms with Gasteiger partial charge in [0.15, 0.2) is 6.10 Å². The Bertz CT molecular complexity index is 664. The second-order valence-electron chi connectivity index (χ2n) is 5.52. The van der Waals surface area contributed by atoms with Crippen LogP contribution in [0.4, 0.5) is 5.69 Å². The molecule has 22 heavy (non-hydrogen) atoms. The summed E-state index contributed by atoms with van der Waals surface area (Å²) in [6.07, 6.45) is 0.117. The smallest absolute Gasteiger partial charge is 0.265 e. The largest absolute Gasteiger partial charge is 0.480 e. The van der Waals surface area contributed by atoms with Crippen LogP contribution in [0.1, 0.15) is 30.0 Å². The van der Waals surface area contributed by atoms with Crippen molar-refractivity contribution in [2.24, 2.45) is 0 Å². The van der Waals surface area contributed by atoms with Crippen LogP contribution < -0.4 is 10.1 Å².